The molecule has 4 heterocycles. The molecule has 2 aromatic heterocycles. The van der Waals surface area contributed by atoms with Crippen LogP contribution in [0.15, 0.2) is 60.9 Å². The maximum absolute atomic E-state index is 13.3. The first-order chi connectivity index (χ1) is 19.0. The number of nitrogens with two attached hydrogens (primary N) is 1. The summed E-state index contributed by atoms with van der Waals surface area (Å²) in [5.74, 6) is 1.45. The third-order valence-electron chi connectivity index (χ3n) is 8.81. The number of imidazole rings is 1. The number of benzene rings is 2. The number of hydrogen-bond donors (Lipinski definition) is 2. The first kappa shape index (κ1) is 26.4. The summed E-state index contributed by atoms with van der Waals surface area (Å²) in [5.41, 5.74) is 7.81. The molecule has 6 rings (SSSR count). The van der Waals surface area contributed by atoms with E-state index in [1.807, 2.05) is 27.6 Å². The molecule has 40 heavy (non-hydrogen) atoms. The summed E-state index contributed by atoms with van der Waals surface area (Å²) in [6.45, 7) is 6.55. The largest absolute Gasteiger partial charge is 0.382 e. The van der Waals surface area contributed by atoms with E-state index in [2.05, 4.69) is 18.8 Å². The fourth-order valence-electron chi connectivity index (χ4n) is 6.55. The van der Waals surface area contributed by atoms with Crippen LogP contribution in [-0.2, 0) is 10.4 Å². The van der Waals surface area contributed by atoms with E-state index in [0.29, 0.717) is 41.1 Å². The molecule has 9 heteroatoms. The average molecular weight is 546 g/mol. The highest BCUT2D eigenvalue weighted by Gasteiger charge is 2.48. The van der Waals surface area contributed by atoms with Gasteiger partial charge in [0.1, 0.15) is 28.5 Å². The molecule has 1 amide bonds. The summed E-state index contributed by atoms with van der Waals surface area (Å²) >= 11 is 0. The van der Waals surface area contributed by atoms with Gasteiger partial charge in [0.25, 0.3) is 6.43 Å². The predicted molar refractivity (Wildman–Crippen MR) is 149 cm³/mol. The number of amides is 1. The Balaban J connectivity index is 1.35. The molecule has 0 aliphatic carbocycles. The molecule has 2 fully saturated rings. The number of fused-ring (bicyclic) bond motifs is 2. The number of rotatable bonds is 5. The zero-order valence-corrected chi connectivity index (χ0v) is 22.8. The fourth-order valence-corrected chi connectivity index (χ4v) is 6.55. The van der Waals surface area contributed by atoms with Crippen molar-refractivity contribution < 1.29 is 18.7 Å². The lowest BCUT2D eigenvalue weighted by Crippen LogP contribution is -2.44. The molecule has 2 aliphatic rings. The quantitative estimate of drug-likeness (QED) is 0.337. The Morgan fingerprint density at radius 3 is 2.60 bits per heavy atom. The number of anilines is 1. The van der Waals surface area contributed by atoms with E-state index in [9.17, 15) is 18.7 Å². The Morgan fingerprint density at radius 1 is 1.12 bits per heavy atom. The summed E-state index contributed by atoms with van der Waals surface area (Å²) in [7, 11) is 0. The fraction of sp³-hybridized carbons (Fsp3) is 0.387. The van der Waals surface area contributed by atoms with E-state index in [0.717, 1.165) is 24.2 Å². The first-order valence-corrected chi connectivity index (χ1v) is 13.6. The number of aliphatic hydroxyl groups is 1. The second-order valence-electron chi connectivity index (χ2n) is 11.9. The van der Waals surface area contributed by atoms with E-state index in [-0.39, 0.29) is 28.8 Å². The van der Waals surface area contributed by atoms with Crippen LogP contribution in [0.1, 0.15) is 74.9 Å². The Morgan fingerprint density at radius 2 is 1.88 bits per heavy atom. The molecule has 0 radical (unpaired) electrons. The topological polar surface area (TPSA) is 96.8 Å². The van der Waals surface area contributed by atoms with Crippen molar-refractivity contribution >= 4 is 17.2 Å². The highest BCUT2D eigenvalue weighted by atomic mass is 19.3. The van der Waals surface area contributed by atoms with Gasteiger partial charge in [-0.25, -0.2) is 18.7 Å². The molecule has 4 aromatic rings. The lowest BCUT2D eigenvalue weighted by atomic mass is 9.79. The highest BCUT2D eigenvalue weighted by Crippen LogP contribution is 2.45. The van der Waals surface area contributed by atoms with Crippen LogP contribution in [0.2, 0.25) is 0 Å². The number of nitrogens with zero attached hydrogens (tertiary/aromatic N) is 4. The second kappa shape index (κ2) is 9.37. The van der Waals surface area contributed by atoms with Crippen molar-refractivity contribution in [2.24, 2.45) is 5.41 Å². The molecule has 2 saturated heterocycles. The summed E-state index contributed by atoms with van der Waals surface area (Å²) in [4.78, 5) is 24.2. The first-order valence-electron chi connectivity index (χ1n) is 13.6. The minimum absolute atomic E-state index is 0.0278. The van der Waals surface area contributed by atoms with E-state index < -0.39 is 12.0 Å². The van der Waals surface area contributed by atoms with Gasteiger partial charge in [-0.2, -0.15) is 0 Å². The molecule has 208 valence electrons. The van der Waals surface area contributed by atoms with Gasteiger partial charge in [-0.3, -0.25) is 9.20 Å². The smallest absolute Gasteiger partial charge is 0.263 e. The molecule has 2 aliphatic heterocycles. The zero-order valence-electron chi connectivity index (χ0n) is 22.8. The number of carbonyl (C=O) groups is 1. The lowest BCUT2D eigenvalue weighted by Gasteiger charge is -2.39. The zero-order chi connectivity index (χ0) is 28.4. The van der Waals surface area contributed by atoms with Gasteiger partial charge in [-0.1, -0.05) is 56.3 Å². The molecule has 7 nitrogen and oxygen atoms in total. The van der Waals surface area contributed by atoms with Crippen molar-refractivity contribution in [1.29, 1.82) is 0 Å². The molecule has 3 atom stereocenters. The minimum atomic E-state index is -2.62. The number of hydrogen-bond acceptors (Lipinski definition) is 5. The molecule has 0 spiro atoms. The van der Waals surface area contributed by atoms with E-state index in [1.54, 1.807) is 31.3 Å². The number of piperidine rings is 1. The van der Waals surface area contributed by atoms with Crippen molar-refractivity contribution in [1.82, 2.24) is 19.3 Å². The minimum Gasteiger partial charge on any atom is -0.382 e. The van der Waals surface area contributed by atoms with Crippen LogP contribution in [0.5, 0.6) is 0 Å². The summed E-state index contributed by atoms with van der Waals surface area (Å²) in [6, 6.07) is 13.3. The maximum atomic E-state index is 13.3. The molecule has 0 saturated carbocycles. The van der Waals surface area contributed by atoms with E-state index >= 15 is 0 Å². The Hall–Kier alpha value is -3.85. The normalized spacial score (nSPS) is 22.1. The summed E-state index contributed by atoms with van der Waals surface area (Å²) in [5, 5.41) is 11.3. The van der Waals surface area contributed by atoms with Crippen molar-refractivity contribution in [3.63, 3.8) is 0 Å². The standard InChI is InChI=1S/C31H33F2N5O2/c1-30(2)16-24(39)38-17-20(9-12-23(30)38)29-36-25(26-28(34)35-13-14-37(26)29)18-7-10-21(11-8-18)31(3,40)22-6-4-5-19(15-22)27(32)33/h4-8,10-11,13-15,20,23,27,40H,9,12,16-17H2,1-3H3,(H2,34,35)/t20-,23+,31-/m1/s1. The van der Waals surface area contributed by atoms with Gasteiger partial charge < -0.3 is 15.7 Å². The molecule has 3 N–H and O–H groups in total. The molecular weight excluding hydrogens is 512 g/mol. The van der Waals surface area contributed by atoms with Crippen molar-refractivity contribution in [3.8, 4) is 11.3 Å². The summed E-state index contributed by atoms with van der Waals surface area (Å²) in [6.07, 6.45) is 3.29. The van der Waals surface area contributed by atoms with Crippen LogP contribution in [0.4, 0.5) is 14.6 Å². The van der Waals surface area contributed by atoms with E-state index in [1.165, 1.54) is 18.2 Å². The van der Waals surface area contributed by atoms with Crippen LogP contribution in [-0.4, -0.2) is 42.9 Å². The maximum Gasteiger partial charge on any atom is 0.263 e. The Bertz CT molecular complexity index is 1600. The van der Waals surface area contributed by atoms with Crippen molar-refractivity contribution in [2.75, 3.05) is 12.3 Å². The lowest BCUT2D eigenvalue weighted by molar-refractivity contribution is -0.130. The SMILES string of the molecule is CC1(C)CC(=O)N2C[C@H](c3nc(-c4ccc([C@@](C)(O)c5cccc(C(F)F)c5)cc4)c4c(N)nccn34)CC[C@H]21. The number of aromatic nitrogens is 3. The van der Waals surface area contributed by atoms with Crippen molar-refractivity contribution in [3.05, 3.63) is 83.4 Å². The van der Waals surface area contributed by atoms with Gasteiger partial charge >= 0.3 is 0 Å². The predicted octanol–water partition coefficient (Wildman–Crippen LogP) is 5.68. The van der Waals surface area contributed by atoms with Crippen LogP contribution in [0.25, 0.3) is 16.8 Å². The van der Waals surface area contributed by atoms with Crippen LogP contribution >= 0.6 is 0 Å². The summed E-state index contributed by atoms with van der Waals surface area (Å²) < 4.78 is 28.5. The third-order valence-corrected chi connectivity index (χ3v) is 8.81. The van der Waals surface area contributed by atoms with Gasteiger partial charge in [0.2, 0.25) is 5.91 Å². The van der Waals surface area contributed by atoms with Crippen LogP contribution in [0, 0.1) is 5.41 Å². The number of nitrogen functional groups attached to an aromatic ring is 1. The van der Waals surface area contributed by atoms with Gasteiger partial charge in [0.05, 0.1) is 0 Å². The highest BCUT2D eigenvalue weighted by molar-refractivity contribution is 5.85. The van der Waals surface area contributed by atoms with Gasteiger partial charge in [0.15, 0.2) is 0 Å². The number of alkyl halides is 2. The van der Waals surface area contributed by atoms with Crippen molar-refractivity contribution in [2.45, 2.75) is 64.0 Å². The Labute approximate surface area is 231 Å². The monoisotopic (exact) mass is 545 g/mol. The molecule has 0 unspecified atom stereocenters. The Kier molecular flexibility index (Phi) is 6.18. The van der Waals surface area contributed by atoms with Crippen LogP contribution < -0.4 is 5.73 Å². The third kappa shape index (κ3) is 4.23. The molecule has 0 bridgehead atoms. The number of carbonyl (C=O) groups excluding carboxylic acids is 1. The van der Waals surface area contributed by atoms with Gasteiger partial charge in [-0.15, -0.1) is 0 Å². The second-order valence-corrected chi connectivity index (χ2v) is 11.9. The molecule has 2 aromatic carbocycles. The van der Waals surface area contributed by atoms with Gasteiger partial charge in [-0.05, 0) is 42.4 Å². The van der Waals surface area contributed by atoms with Gasteiger partial charge in [0, 0.05) is 48.4 Å². The molecular formula is C31H33F2N5O2. The van der Waals surface area contributed by atoms with Crippen LogP contribution in [0.3, 0.4) is 0 Å². The number of halogens is 2. The average Bonchev–Trinajstić information content (AvgIpc) is 3.43. The van der Waals surface area contributed by atoms with E-state index in [4.69, 9.17) is 10.7 Å².